The van der Waals surface area contributed by atoms with Crippen LogP contribution in [0.5, 0.6) is 0 Å². The molecule has 0 bridgehead atoms. The van der Waals surface area contributed by atoms with Crippen LogP contribution >= 0.6 is 46.4 Å². The van der Waals surface area contributed by atoms with E-state index in [9.17, 15) is 13.0 Å². The standard InChI is InChI=1S/C15H12Cl4N8O3S.Na/c1-4-7(20-14-24-10(16)22-11(17)25-14)5(2)9(31(28,29)30)6(3)8(4)21-15-26-12(18)23-13(19)27-15;/h1-3H3,(H,28,29,30)(H,20,22,24,25)(H,21,23,26,27);/q;+1/p-1. The first-order chi connectivity index (χ1) is 14.4. The molecule has 0 aliphatic rings. The molecule has 164 valence electrons. The molecule has 11 nitrogen and oxygen atoms in total. The second-order valence-electron chi connectivity index (χ2n) is 6.05. The molecule has 0 unspecified atom stereocenters. The maximum Gasteiger partial charge on any atom is 1.00 e. The third-order valence-corrected chi connectivity index (χ3v) is 5.85. The molecule has 0 atom stereocenters. The SMILES string of the molecule is Cc1c(Nc2nc(Cl)nc(Cl)n2)c(C)c(S(=O)(=O)[O-])c(C)c1Nc1nc(Cl)nc(Cl)n1.[Na+]. The number of hydrogen-bond acceptors (Lipinski definition) is 11. The van der Waals surface area contributed by atoms with E-state index in [0.717, 1.165) is 0 Å². The summed E-state index contributed by atoms with van der Waals surface area (Å²) < 4.78 is 36.1. The van der Waals surface area contributed by atoms with Crippen molar-refractivity contribution in [3.8, 4) is 0 Å². The van der Waals surface area contributed by atoms with E-state index >= 15 is 0 Å². The number of benzene rings is 1. The van der Waals surface area contributed by atoms with Crippen molar-refractivity contribution in [1.82, 2.24) is 29.9 Å². The van der Waals surface area contributed by atoms with Gasteiger partial charge in [0.2, 0.25) is 33.0 Å². The van der Waals surface area contributed by atoms with E-state index in [1.807, 2.05) is 0 Å². The van der Waals surface area contributed by atoms with Gasteiger partial charge in [0.05, 0.1) is 16.3 Å². The fourth-order valence-electron chi connectivity index (χ4n) is 2.93. The first kappa shape index (κ1) is 27.2. The van der Waals surface area contributed by atoms with Gasteiger partial charge in [-0.3, -0.25) is 0 Å². The van der Waals surface area contributed by atoms with Crippen molar-refractivity contribution < 1.29 is 42.5 Å². The molecule has 2 N–H and O–H groups in total. The number of nitrogens with zero attached hydrogens (tertiary/aromatic N) is 6. The van der Waals surface area contributed by atoms with Gasteiger partial charge < -0.3 is 15.2 Å². The van der Waals surface area contributed by atoms with E-state index in [1.165, 1.54) is 13.8 Å². The fraction of sp³-hybridized carbons (Fsp3) is 0.200. The average molecular weight is 548 g/mol. The Morgan fingerprint density at radius 3 is 1.25 bits per heavy atom. The number of hydrogen-bond donors (Lipinski definition) is 2. The van der Waals surface area contributed by atoms with E-state index in [0.29, 0.717) is 5.56 Å². The van der Waals surface area contributed by atoms with Crippen molar-refractivity contribution in [2.75, 3.05) is 10.6 Å². The second-order valence-corrected chi connectivity index (χ2v) is 8.72. The third-order valence-electron chi connectivity index (χ3n) is 4.07. The van der Waals surface area contributed by atoms with Crippen LogP contribution < -0.4 is 40.2 Å². The number of nitrogens with one attached hydrogen (secondary N) is 2. The van der Waals surface area contributed by atoms with E-state index in [-0.39, 0.29) is 85.1 Å². The largest absolute Gasteiger partial charge is 1.00 e. The summed E-state index contributed by atoms with van der Waals surface area (Å²) in [4.78, 5) is 22.4. The number of halogens is 4. The zero-order valence-electron chi connectivity index (χ0n) is 16.8. The molecular formula is C15H11Cl4N8NaO3S. The van der Waals surface area contributed by atoms with Crippen molar-refractivity contribution in [3.63, 3.8) is 0 Å². The molecule has 2 heterocycles. The van der Waals surface area contributed by atoms with E-state index in [4.69, 9.17) is 46.4 Å². The molecule has 32 heavy (non-hydrogen) atoms. The van der Waals surface area contributed by atoms with E-state index in [2.05, 4.69) is 40.5 Å². The van der Waals surface area contributed by atoms with Gasteiger partial charge >= 0.3 is 29.6 Å². The molecule has 0 amide bonds. The predicted molar refractivity (Wildman–Crippen MR) is 115 cm³/mol. The van der Waals surface area contributed by atoms with E-state index in [1.54, 1.807) is 6.92 Å². The smallest absolute Gasteiger partial charge is 0.744 e. The van der Waals surface area contributed by atoms with Crippen LogP contribution in [-0.4, -0.2) is 42.9 Å². The predicted octanol–water partition coefficient (Wildman–Crippen LogP) is 0.991. The maximum atomic E-state index is 12.0. The third kappa shape index (κ3) is 6.07. The molecule has 0 radical (unpaired) electrons. The molecule has 3 rings (SSSR count). The Hall–Kier alpha value is -1.09. The van der Waals surface area contributed by atoms with Crippen molar-refractivity contribution in [1.29, 1.82) is 0 Å². The zero-order chi connectivity index (χ0) is 23.1. The molecule has 0 saturated heterocycles. The fourth-order valence-corrected chi connectivity index (χ4v) is 4.61. The Morgan fingerprint density at radius 1 is 0.656 bits per heavy atom. The zero-order valence-corrected chi connectivity index (χ0v) is 22.7. The summed E-state index contributed by atoms with van der Waals surface area (Å²) in [5, 5.41) is 4.92. The van der Waals surface area contributed by atoms with Gasteiger partial charge in [0.1, 0.15) is 10.1 Å². The van der Waals surface area contributed by atoms with Gasteiger partial charge in [-0.25, -0.2) is 8.42 Å². The van der Waals surface area contributed by atoms with Crippen molar-refractivity contribution >= 4 is 79.8 Å². The Bertz CT molecular complexity index is 1190. The van der Waals surface area contributed by atoms with Crippen LogP contribution in [0, 0.1) is 20.8 Å². The summed E-state index contributed by atoms with van der Waals surface area (Å²) in [5.74, 6) is -0.127. The van der Waals surface area contributed by atoms with Gasteiger partial charge in [-0.1, -0.05) is 0 Å². The van der Waals surface area contributed by atoms with Crippen molar-refractivity contribution in [2.24, 2.45) is 0 Å². The first-order valence-corrected chi connectivity index (χ1v) is 11.1. The van der Waals surface area contributed by atoms with Gasteiger partial charge in [-0.05, 0) is 83.9 Å². The summed E-state index contributed by atoms with van der Waals surface area (Å²) in [5.41, 5.74) is 1.17. The summed E-state index contributed by atoms with van der Waals surface area (Å²) in [7, 11) is -4.88. The van der Waals surface area contributed by atoms with Gasteiger partial charge in [0.25, 0.3) is 0 Å². The number of rotatable bonds is 5. The molecule has 1 aromatic carbocycles. The molecule has 3 aromatic rings. The monoisotopic (exact) mass is 546 g/mol. The Balaban J connectivity index is 0.00000363. The molecule has 0 aliphatic heterocycles. The van der Waals surface area contributed by atoms with Crippen LogP contribution in [-0.2, 0) is 10.1 Å². The average Bonchev–Trinajstić information content (AvgIpc) is 2.59. The molecule has 0 fully saturated rings. The van der Waals surface area contributed by atoms with Crippen LogP contribution in [0.25, 0.3) is 0 Å². The second kappa shape index (κ2) is 10.5. The van der Waals surface area contributed by atoms with Crippen LogP contribution in [0.4, 0.5) is 23.3 Å². The van der Waals surface area contributed by atoms with E-state index < -0.39 is 15.0 Å². The van der Waals surface area contributed by atoms with Crippen LogP contribution in [0.1, 0.15) is 16.7 Å². The van der Waals surface area contributed by atoms with Gasteiger partial charge in [0, 0.05) is 0 Å². The minimum Gasteiger partial charge on any atom is -0.744 e. The molecule has 0 aliphatic carbocycles. The summed E-state index contributed by atoms with van der Waals surface area (Å²) in [6.45, 7) is 4.57. The van der Waals surface area contributed by atoms with Crippen molar-refractivity contribution in [2.45, 2.75) is 25.7 Å². The minimum absolute atomic E-state index is 0. The summed E-state index contributed by atoms with van der Waals surface area (Å²) in [6.07, 6.45) is 0. The molecule has 2 aromatic heterocycles. The normalized spacial score (nSPS) is 11.1. The molecule has 17 heteroatoms. The summed E-state index contributed by atoms with van der Waals surface area (Å²) in [6, 6.07) is 0. The Labute approximate surface area is 224 Å². The quantitative estimate of drug-likeness (QED) is 0.346. The number of anilines is 4. The Morgan fingerprint density at radius 2 is 0.969 bits per heavy atom. The first-order valence-electron chi connectivity index (χ1n) is 8.14. The molecular weight excluding hydrogens is 537 g/mol. The topological polar surface area (TPSA) is 159 Å². The van der Waals surface area contributed by atoms with Crippen molar-refractivity contribution in [3.05, 3.63) is 37.8 Å². The maximum absolute atomic E-state index is 12.0. The minimum atomic E-state index is -4.88. The van der Waals surface area contributed by atoms with Crippen LogP contribution in [0.3, 0.4) is 0 Å². The summed E-state index contributed by atoms with van der Waals surface area (Å²) >= 11 is 23.2. The molecule has 0 saturated carbocycles. The van der Waals surface area contributed by atoms with Gasteiger partial charge in [-0.2, -0.15) is 29.9 Å². The Kier molecular flexibility index (Phi) is 8.87. The molecule has 0 spiro atoms. The van der Waals surface area contributed by atoms with Gasteiger partial charge in [0.15, 0.2) is 0 Å². The van der Waals surface area contributed by atoms with Gasteiger partial charge in [-0.15, -0.1) is 0 Å². The van der Waals surface area contributed by atoms with Crippen LogP contribution in [0.2, 0.25) is 21.1 Å². The number of aromatic nitrogens is 6. The van der Waals surface area contributed by atoms with Crippen LogP contribution in [0.15, 0.2) is 4.90 Å².